The molecule has 0 aliphatic heterocycles. The first-order valence-electron chi connectivity index (χ1n) is 44.2. The quantitative estimate of drug-likeness (QED) is 0.0239. The van der Waals surface area contributed by atoms with Crippen LogP contribution in [-0.2, 0) is 112 Å². The first kappa shape index (κ1) is 103. The fraction of sp³-hybridized carbons (Fsp3) is 0.606. The van der Waals surface area contributed by atoms with Crippen LogP contribution in [-0.4, -0.2) is 48.5 Å². The van der Waals surface area contributed by atoms with Crippen molar-refractivity contribution in [1.29, 1.82) is 0 Å². The number of hydrogen-bond donors (Lipinski definition) is 7. The standard InChI is InChI=1S/C54H78O3.C30H46O2S.C25H42O3S/c1-31-37(22-34-25-40(49(4,5)6)46(55)41(26-34)50(7,8)9)32(2)39(24-36-29-44(53(16,17)18)48(57)45(30-36)54(19,20)21)33(3)38(31)23-35-27-42(51(10,11)12)47(56)43(28-35)52(13,14)15;1-27(2,3)21-13-19(14-22(25(21)31)28(4,5)6)17-33-18-20-15-23(29(7,8)9)26(32)24(16-20)30(10,11)12;1-17(2)12-10-9-11-13-28-23(27)21(29)16-18-14-19(24(3,4)5)22(26)20(15-18)25(6,7)8/h25-30,55-57H,22-24H2,1-21H3;13-16,31-32H,17-18H2,1-12H3;14-15,17,21,26,29H,9-13,16H2,1-8H3. The Kier molecular flexibility index (Phi) is 32.8. The molecule has 662 valence electrons. The van der Waals surface area contributed by atoms with E-state index in [1.165, 1.54) is 74.0 Å². The number of carbonyl (C=O) groups excluding carboxylic acids is 1. The summed E-state index contributed by atoms with van der Waals surface area (Å²) in [6, 6.07) is 26.1. The third-order valence-electron chi connectivity index (χ3n) is 23.5. The molecule has 0 saturated heterocycles. The molecule has 0 fully saturated rings. The van der Waals surface area contributed by atoms with Gasteiger partial charge < -0.3 is 35.4 Å². The van der Waals surface area contributed by atoms with E-state index in [0.29, 0.717) is 47.5 Å². The molecule has 6 N–H and O–H groups in total. The molecule has 7 aromatic rings. The number of esters is 1. The van der Waals surface area contributed by atoms with Crippen LogP contribution < -0.4 is 0 Å². The molecule has 10 heteroatoms. The van der Waals surface area contributed by atoms with Crippen LogP contribution in [0.15, 0.2) is 72.8 Å². The highest BCUT2D eigenvalue weighted by Gasteiger charge is 2.35. The Morgan fingerprint density at radius 2 is 0.487 bits per heavy atom. The number of phenols is 6. The molecular formula is C109H166O8S2. The van der Waals surface area contributed by atoms with E-state index in [4.69, 9.17) is 4.74 Å². The average molecular weight is 1670 g/mol. The third kappa shape index (κ3) is 27.5. The number of aromatic hydroxyl groups is 6. The molecule has 0 aliphatic carbocycles. The second-order valence-electron chi connectivity index (χ2n) is 47.7. The average Bonchev–Trinajstić information content (AvgIpc) is 0.758. The fourth-order valence-electron chi connectivity index (χ4n) is 16.1. The summed E-state index contributed by atoms with van der Waals surface area (Å²) in [6.07, 6.45) is 7.12. The van der Waals surface area contributed by atoms with E-state index in [9.17, 15) is 35.4 Å². The third-order valence-corrected chi connectivity index (χ3v) is 25.0. The Morgan fingerprint density at radius 3 is 0.672 bits per heavy atom. The summed E-state index contributed by atoms with van der Waals surface area (Å²) in [5.41, 5.74) is 24.5. The van der Waals surface area contributed by atoms with Gasteiger partial charge in [-0.1, -0.05) is 355 Å². The van der Waals surface area contributed by atoms with Gasteiger partial charge in [0.05, 0.1) is 6.61 Å². The summed E-state index contributed by atoms with van der Waals surface area (Å²) in [5.74, 6) is 4.67. The lowest BCUT2D eigenvalue weighted by Gasteiger charge is -2.30. The Labute approximate surface area is 736 Å². The second-order valence-corrected chi connectivity index (χ2v) is 49.3. The van der Waals surface area contributed by atoms with Gasteiger partial charge in [0, 0.05) is 11.5 Å². The molecular weight excluding hydrogens is 1500 g/mol. The lowest BCUT2D eigenvalue weighted by atomic mass is 9.75. The Morgan fingerprint density at radius 1 is 0.303 bits per heavy atom. The van der Waals surface area contributed by atoms with Crippen LogP contribution in [0.1, 0.15) is 422 Å². The monoisotopic (exact) mass is 1670 g/mol. The van der Waals surface area contributed by atoms with Crippen molar-refractivity contribution in [2.75, 3.05) is 6.61 Å². The summed E-state index contributed by atoms with van der Waals surface area (Å²) in [7, 11) is 0. The molecule has 0 aliphatic rings. The summed E-state index contributed by atoms with van der Waals surface area (Å²) in [5, 5.41) is 67.2. The van der Waals surface area contributed by atoms with Crippen LogP contribution in [0.4, 0.5) is 0 Å². The van der Waals surface area contributed by atoms with Crippen molar-refractivity contribution in [3.63, 3.8) is 0 Å². The van der Waals surface area contributed by atoms with Crippen molar-refractivity contribution in [2.45, 2.75) is 417 Å². The number of hydrogen-bond acceptors (Lipinski definition) is 10. The van der Waals surface area contributed by atoms with Gasteiger partial charge >= 0.3 is 5.97 Å². The number of benzene rings is 7. The van der Waals surface area contributed by atoms with Gasteiger partial charge in [-0.2, -0.15) is 24.4 Å². The normalized spacial score (nSPS) is 13.5. The predicted octanol–water partition coefficient (Wildman–Crippen LogP) is 29.6. The minimum absolute atomic E-state index is 0.120. The van der Waals surface area contributed by atoms with Crippen LogP contribution >= 0.6 is 24.4 Å². The van der Waals surface area contributed by atoms with Gasteiger partial charge in [-0.05, 0) is 257 Å². The molecule has 1 atom stereocenters. The summed E-state index contributed by atoms with van der Waals surface area (Å²) in [6.45, 7) is 89.5. The minimum atomic E-state index is -0.504. The SMILES string of the molecule is CC(C)(C)c1cc(CSCc2cc(C(C)(C)C)c(O)c(C(C)(C)C)c2)cc(C(C)(C)C)c1O.CC(C)CCCCCOC(=O)C(S)Cc1cc(C(C)(C)C)c(O)c(C(C)(C)C)c1.Cc1c(Cc2cc(C(C)(C)C)c(O)c(C(C)(C)C)c2)c(C)c(Cc2cc(C(C)(C)C)c(O)c(C(C)(C)C)c2)c(C)c1Cc1cc(C(C)(C)C)c(O)c(C(C)(C)C)c1. The largest absolute Gasteiger partial charge is 0.507 e. The number of rotatable bonds is 19. The van der Waals surface area contributed by atoms with E-state index >= 15 is 0 Å². The Bertz CT molecular complexity index is 4120. The lowest BCUT2D eigenvalue weighted by Crippen LogP contribution is -2.22. The fourth-order valence-corrected chi connectivity index (χ4v) is 17.3. The molecule has 7 aromatic carbocycles. The van der Waals surface area contributed by atoms with Gasteiger partial charge in [0.1, 0.15) is 39.7 Å². The Hall–Kier alpha value is -6.49. The number of carbonyl (C=O) groups is 1. The molecule has 0 radical (unpaired) electrons. The number of thiol groups is 1. The molecule has 0 saturated carbocycles. The van der Waals surface area contributed by atoms with Crippen molar-refractivity contribution in [3.8, 4) is 34.5 Å². The van der Waals surface area contributed by atoms with Gasteiger partial charge in [-0.3, -0.25) is 4.79 Å². The highest BCUT2D eigenvalue weighted by Crippen LogP contribution is 2.49. The number of ether oxygens (including phenoxy) is 1. The van der Waals surface area contributed by atoms with Gasteiger partial charge in [-0.25, -0.2) is 0 Å². The highest BCUT2D eigenvalue weighted by atomic mass is 32.2. The zero-order chi connectivity index (χ0) is 91.7. The van der Waals surface area contributed by atoms with Gasteiger partial charge in [0.25, 0.3) is 0 Å². The molecule has 7 rings (SSSR count). The summed E-state index contributed by atoms with van der Waals surface area (Å²) < 4.78 is 5.44. The number of unbranched alkanes of at least 4 members (excludes halogenated alkanes) is 2. The maximum absolute atomic E-state index is 12.4. The molecule has 0 amide bonds. The Balaban J connectivity index is 0.000000345. The maximum atomic E-state index is 12.4. The van der Waals surface area contributed by atoms with Gasteiger partial charge in [0.15, 0.2) is 0 Å². The molecule has 0 spiro atoms. The van der Waals surface area contributed by atoms with Crippen LogP contribution in [0.25, 0.3) is 0 Å². The van der Waals surface area contributed by atoms with E-state index in [-0.39, 0.29) is 70.9 Å². The smallest absolute Gasteiger partial charge is 0.319 e. The molecule has 0 bridgehead atoms. The first-order valence-corrected chi connectivity index (χ1v) is 45.9. The molecule has 1 unspecified atom stereocenters. The van der Waals surface area contributed by atoms with Crippen molar-refractivity contribution in [1.82, 2.24) is 0 Å². The second kappa shape index (κ2) is 37.9. The van der Waals surface area contributed by atoms with E-state index in [0.717, 1.165) is 122 Å². The van der Waals surface area contributed by atoms with E-state index in [1.807, 2.05) is 23.9 Å². The van der Waals surface area contributed by atoms with Crippen molar-refractivity contribution >= 4 is 30.4 Å². The van der Waals surface area contributed by atoms with Gasteiger partial charge in [-0.15, -0.1) is 0 Å². The van der Waals surface area contributed by atoms with Crippen LogP contribution in [0, 0.1) is 26.7 Å². The van der Waals surface area contributed by atoms with Crippen molar-refractivity contribution < 1.29 is 40.2 Å². The van der Waals surface area contributed by atoms with Gasteiger partial charge in [0.2, 0.25) is 0 Å². The highest BCUT2D eigenvalue weighted by molar-refractivity contribution is 7.97. The van der Waals surface area contributed by atoms with Crippen LogP contribution in [0.2, 0.25) is 0 Å². The van der Waals surface area contributed by atoms with E-state index in [1.54, 1.807) is 0 Å². The molecule has 8 nitrogen and oxygen atoms in total. The molecule has 0 heterocycles. The molecule has 119 heavy (non-hydrogen) atoms. The van der Waals surface area contributed by atoms with Crippen molar-refractivity contribution in [2.24, 2.45) is 5.92 Å². The topological polar surface area (TPSA) is 148 Å². The van der Waals surface area contributed by atoms with Crippen LogP contribution in [0.3, 0.4) is 0 Å². The number of thioether (sulfide) groups is 1. The minimum Gasteiger partial charge on any atom is -0.507 e. The summed E-state index contributed by atoms with van der Waals surface area (Å²) >= 11 is 6.39. The maximum Gasteiger partial charge on any atom is 0.319 e. The number of phenolic OH excluding ortho intramolecular Hbond substituents is 6. The van der Waals surface area contributed by atoms with E-state index < -0.39 is 5.25 Å². The summed E-state index contributed by atoms with van der Waals surface area (Å²) in [4.78, 5) is 12.4. The predicted molar refractivity (Wildman–Crippen MR) is 518 cm³/mol. The van der Waals surface area contributed by atoms with Crippen molar-refractivity contribution in [3.05, 3.63) is 206 Å². The first-order chi connectivity index (χ1) is 53.5. The van der Waals surface area contributed by atoms with E-state index in [2.05, 4.69) is 357 Å². The molecule has 0 aromatic heterocycles. The zero-order valence-electron chi connectivity index (χ0n) is 82.7. The lowest BCUT2D eigenvalue weighted by molar-refractivity contribution is -0.143. The van der Waals surface area contributed by atoms with Crippen LogP contribution in [0.5, 0.6) is 34.5 Å². The zero-order valence-corrected chi connectivity index (χ0v) is 84.4.